The molecule has 1 aliphatic carbocycles. The second-order valence-corrected chi connectivity index (χ2v) is 8.01. The molecule has 0 N–H and O–H groups in total. The number of carbonyl (C=O) groups excluding carboxylic acids is 1. The first kappa shape index (κ1) is 19.9. The fourth-order valence-corrected chi connectivity index (χ4v) is 4.29. The number of rotatable bonds is 7. The van der Waals surface area contributed by atoms with E-state index in [4.69, 9.17) is 14.0 Å². The lowest BCUT2D eigenvalue weighted by atomic mass is 10.1. The van der Waals surface area contributed by atoms with Crippen LogP contribution < -0.4 is 4.74 Å². The molecule has 4 rings (SSSR count). The van der Waals surface area contributed by atoms with Crippen molar-refractivity contribution in [3.05, 3.63) is 41.5 Å². The number of nitrogens with zero attached hydrogens (tertiary/aromatic N) is 3. The van der Waals surface area contributed by atoms with Crippen LogP contribution in [0.15, 0.2) is 28.8 Å². The third-order valence-corrected chi connectivity index (χ3v) is 5.88. The van der Waals surface area contributed by atoms with E-state index in [1.807, 2.05) is 17.0 Å². The molecule has 7 heteroatoms. The summed E-state index contributed by atoms with van der Waals surface area (Å²) in [6, 6.07) is 7.90. The molecule has 0 spiro atoms. The van der Waals surface area contributed by atoms with Gasteiger partial charge in [0.2, 0.25) is 11.8 Å². The molecule has 1 aromatic heterocycles. The van der Waals surface area contributed by atoms with Crippen LogP contribution in [0.2, 0.25) is 0 Å². The zero-order valence-corrected chi connectivity index (χ0v) is 17.2. The van der Waals surface area contributed by atoms with Crippen molar-refractivity contribution in [3.63, 3.8) is 0 Å². The molecule has 29 heavy (non-hydrogen) atoms. The second-order valence-electron chi connectivity index (χ2n) is 8.01. The van der Waals surface area contributed by atoms with Crippen LogP contribution in [0.4, 0.5) is 0 Å². The number of methoxy groups -OCH3 is 1. The van der Waals surface area contributed by atoms with Gasteiger partial charge in [0, 0.05) is 26.5 Å². The average molecular weight is 399 g/mol. The highest BCUT2D eigenvalue weighted by Crippen LogP contribution is 2.33. The fraction of sp³-hybridized carbons (Fsp3) is 0.591. The molecule has 2 atom stereocenters. The minimum absolute atomic E-state index is 0.0145. The summed E-state index contributed by atoms with van der Waals surface area (Å²) >= 11 is 0. The van der Waals surface area contributed by atoms with Crippen LogP contribution in [-0.4, -0.2) is 46.8 Å². The fourth-order valence-electron chi connectivity index (χ4n) is 4.29. The first-order chi connectivity index (χ1) is 14.1. The number of aryl methyl sites for hydroxylation is 2. The van der Waals surface area contributed by atoms with Gasteiger partial charge in [-0.05, 0) is 56.7 Å². The van der Waals surface area contributed by atoms with E-state index in [2.05, 4.69) is 22.3 Å². The Kier molecular flexibility index (Phi) is 6.13. The van der Waals surface area contributed by atoms with Crippen molar-refractivity contribution < 1.29 is 18.8 Å². The van der Waals surface area contributed by atoms with E-state index in [-0.39, 0.29) is 18.1 Å². The van der Waals surface area contributed by atoms with Crippen molar-refractivity contribution in [3.8, 4) is 5.75 Å². The molecule has 1 saturated carbocycles. The first-order valence-corrected chi connectivity index (χ1v) is 10.5. The van der Waals surface area contributed by atoms with Crippen molar-refractivity contribution in [1.29, 1.82) is 0 Å². The monoisotopic (exact) mass is 399 g/mol. The number of aromatic nitrogens is 2. The molecule has 0 bridgehead atoms. The van der Waals surface area contributed by atoms with Gasteiger partial charge in [-0.15, -0.1) is 0 Å². The van der Waals surface area contributed by atoms with E-state index in [1.54, 1.807) is 14.0 Å². The summed E-state index contributed by atoms with van der Waals surface area (Å²) < 4.78 is 16.9. The summed E-state index contributed by atoms with van der Waals surface area (Å²) in [5.41, 5.74) is 1.11. The van der Waals surface area contributed by atoms with Crippen LogP contribution in [0.3, 0.4) is 0 Å². The molecule has 0 radical (unpaired) electrons. The van der Waals surface area contributed by atoms with Crippen molar-refractivity contribution in [1.82, 2.24) is 15.0 Å². The van der Waals surface area contributed by atoms with E-state index in [0.717, 1.165) is 24.2 Å². The summed E-state index contributed by atoms with van der Waals surface area (Å²) in [6.45, 7) is 2.33. The highest BCUT2D eigenvalue weighted by atomic mass is 16.5. The molecule has 1 aliphatic heterocycles. The van der Waals surface area contributed by atoms with Crippen molar-refractivity contribution in [2.75, 3.05) is 13.7 Å². The molecule has 7 nitrogen and oxygen atoms in total. The number of hydrogen-bond acceptors (Lipinski definition) is 6. The Labute approximate surface area is 171 Å². The summed E-state index contributed by atoms with van der Waals surface area (Å²) in [4.78, 5) is 19.1. The molecule has 1 aromatic carbocycles. The van der Waals surface area contributed by atoms with Gasteiger partial charge in [0.05, 0.1) is 12.2 Å². The molecule has 2 aliphatic rings. The molecule has 1 amide bonds. The van der Waals surface area contributed by atoms with Crippen molar-refractivity contribution in [2.24, 2.45) is 0 Å². The summed E-state index contributed by atoms with van der Waals surface area (Å²) in [5.74, 6) is 2.05. The van der Waals surface area contributed by atoms with E-state index in [0.29, 0.717) is 43.6 Å². The van der Waals surface area contributed by atoms with Crippen molar-refractivity contribution in [2.45, 2.75) is 70.1 Å². The minimum Gasteiger partial charge on any atom is -0.490 e. The molecular formula is C22H29N3O4. The minimum atomic E-state index is -0.217. The van der Waals surface area contributed by atoms with Gasteiger partial charge in [-0.25, -0.2) is 0 Å². The van der Waals surface area contributed by atoms with Gasteiger partial charge in [0.25, 0.3) is 0 Å². The number of ether oxygens (including phenoxy) is 2. The summed E-state index contributed by atoms with van der Waals surface area (Å²) in [5, 5.41) is 3.87. The van der Waals surface area contributed by atoms with Gasteiger partial charge >= 0.3 is 0 Å². The number of benzene rings is 1. The first-order valence-electron chi connectivity index (χ1n) is 10.5. The van der Waals surface area contributed by atoms with Crippen LogP contribution in [-0.2, 0) is 16.0 Å². The normalized spacial score (nSPS) is 22.3. The third kappa shape index (κ3) is 4.78. The standard InChI is InChI=1S/C22H29N3O4/c1-15-23-22(29-24-15)20-13-19(27-2)14-25(20)21(26)11-10-16-6-5-9-18(12-16)28-17-7-3-4-8-17/h5-6,9,12,17,19-20H,3-4,7-8,10-11,13-14H2,1-2H3/t19-,20+/m0/s1. The predicted octanol–water partition coefficient (Wildman–Crippen LogP) is 3.62. The molecule has 2 heterocycles. The number of likely N-dealkylation sites (tertiary alicyclic amines) is 1. The van der Waals surface area contributed by atoms with Gasteiger partial charge in [-0.3, -0.25) is 4.79 Å². The molecule has 0 unspecified atom stereocenters. The van der Waals surface area contributed by atoms with Gasteiger partial charge in [-0.1, -0.05) is 17.3 Å². The summed E-state index contributed by atoms with van der Waals surface area (Å²) in [6.07, 6.45) is 6.85. The Balaban J connectivity index is 1.38. The van der Waals surface area contributed by atoms with Crippen LogP contribution in [0.1, 0.15) is 61.8 Å². The molecule has 156 valence electrons. The van der Waals surface area contributed by atoms with E-state index in [1.165, 1.54) is 12.8 Å². The van der Waals surface area contributed by atoms with Gasteiger partial charge < -0.3 is 18.9 Å². The lowest BCUT2D eigenvalue weighted by molar-refractivity contribution is -0.132. The number of amides is 1. The Morgan fingerprint density at radius 2 is 2.10 bits per heavy atom. The largest absolute Gasteiger partial charge is 0.490 e. The quantitative estimate of drug-likeness (QED) is 0.708. The Hall–Kier alpha value is -2.41. The Morgan fingerprint density at radius 3 is 2.83 bits per heavy atom. The third-order valence-electron chi connectivity index (χ3n) is 5.88. The van der Waals surface area contributed by atoms with Crippen molar-refractivity contribution >= 4 is 5.91 Å². The number of hydrogen-bond donors (Lipinski definition) is 0. The Morgan fingerprint density at radius 1 is 1.28 bits per heavy atom. The lowest BCUT2D eigenvalue weighted by Gasteiger charge is -2.21. The lowest BCUT2D eigenvalue weighted by Crippen LogP contribution is -2.32. The SMILES string of the molecule is CO[C@H]1C[C@H](c2nc(C)no2)N(C(=O)CCc2cccc(OC3CCCC3)c2)C1. The average Bonchev–Trinajstić information content (AvgIpc) is 3.47. The topological polar surface area (TPSA) is 77.7 Å². The van der Waals surface area contributed by atoms with Gasteiger partial charge in [-0.2, -0.15) is 4.98 Å². The van der Waals surface area contributed by atoms with Gasteiger partial charge in [0.15, 0.2) is 5.82 Å². The zero-order valence-electron chi connectivity index (χ0n) is 17.2. The summed E-state index contributed by atoms with van der Waals surface area (Å²) in [7, 11) is 1.67. The second kappa shape index (κ2) is 8.95. The van der Waals surface area contributed by atoms with E-state index in [9.17, 15) is 4.79 Å². The zero-order chi connectivity index (χ0) is 20.2. The van der Waals surface area contributed by atoms with Crippen LogP contribution in [0.5, 0.6) is 5.75 Å². The van der Waals surface area contributed by atoms with E-state index < -0.39 is 0 Å². The maximum Gasteiger partial charge on any atom is 0.249 e. The van der Waals surface area contributed by atoms with Crippen LogP contribution in [0.25, 0.3) is 0 Å². The van der Waals surface area contributed by atoms with Gasteiger partial charge in [0.1, 0.15) is 11.8 Å². The highest BCUT2D eigenvalue weighted by molar-refractivity contribution is 5.77. The maximum absolute atomic E-state index is 13.0. The highest BCUT2D eigenvalue weighted by Gasteiger charge is 2.39. The molecule has 2 fully saturated rings. The number of carbonyl (C=O) groups is 1. The maximum atomic E-state index is 13.0. The van der Waals surface area contributed by atoms with Crippen LogP contribution in [0, 0.1) is 6.92 Å². The van der Waals surface area contributed by atoms with Crippen LogP contribution >= 0.6 is 0 Å². The smallest absolute Gasteiger partial charge is 0.249 e. The molecule has 2 aromatic rings. The molecular weight excluding hydrogens is 370 g/mol. The molecule has 1 saturated heterocycles. The van der Waals surface area contributed by atoms with E-state index >= 15 is 0 Å². The Bertz CT molecular complexity index is 831. The predicted molar refractivity (Wildman–Crippen MR) is 107 cm³/mol.